The van der Waals surface area contributed by atoms with E-state index in [1.807, 2.05) is 0 Å². The third kappa shape index (κ3) is 3.09. The van der Waals surface area contributed by atoms with Crippen LogP contribution in [0.25, 0.3) is 0 Å². The number of hydrogen-bond acceptors (Lipinski definition) is 5. The number of aromatic nitrogens is 2. The number of nitrogens with one attached hydrogen (secondary N) is 2. The normalized spacial score (nSPS) is 11.1. The van der Waals surface area contributed by atoms with Crippen molar-refractivity contribution in [1.29, 1.82) is 0 Å². The first-order valence-corrected chi connectivity index (χ1v) is 7.06. The van der Waals surface area contributed by atoms with Crippen LogP contribution in [0.1, 0.15) is 17.3 Å². The van der Waals surface area contributed by atoms with E-state index in [9.17, 15) is 18.0 Å². The second-order valence-corrected chi connectivity index (χ2v) is 5.67. The van der Waals surface area contributed by atoms with Crippen LogP contribution in [0.2, 0.25) is 0 Å². The maximum Gasteiger partial charge on any atom is 0.264 e. The van der Waals surface area contributed by atoms with Gasteiger partial charge in [-0.3, -0.25) is 14.3 Å². The van der Waals surface area contributed by atoms with Crippen LogP contribution in [0, 0.1) is 0 Å². The van der Waals surface area contributed by atoms with E-state index in [1.165, 1.54) is 37.3 Å². The fourth-order valence-electron chi connectivity index (χ4n) is 1.47. The van der Waals surface area contributed by atoms with Gasteiger partial charge in [-0.15, -0.1) is 0 Å². The second kappa shape index (κ2) is 5.25. The van der Waals surface area contributed by atoms with Crippen LogP contribution in [-0.2, 0) is 10.0 Å². The van der Waals surface area contributed by atoms with Crippen LogP contribution in [0.5, 0.6) is 0 Å². The Balaban J connectivity index is 2.28. The topological polar surface area (TPSA) is 109 Å². The van der Waals surface area contributed by atoms with Gasteiger partial charge in [0.1, 0.15) is 0 Å². The number of ketones is 1. The number of benzene rings is 1. The summed E-state index contributed by atoms with van der Waals surface area (Å²) in [5, 5.41) is 5.67. The maximum absolute atomic E-state index is 12.0. The van der Waals surface area contributed by atoms with Gasteiger partial charge in [-0.25, -0.2) is 13.5 Å². The van der Waals surface area contributed by atoms with E-state index >= 15 is 0 Å². The molecule has 0 saturated carbocycles. The molecule has 2 aromatic rings. The monoisotopic (exact) mass is 293 g/mol. The molecule has 0 amide bonds. The minimum absolute atomic E-state index is 0.000226. The summed E-state index contributed by atoms with van der Waals surface area (Å²) in [6, 6.07) is 7.91. The average Bonchev–Trinajstić information content (AvgIpc) is 2.41. The molecule has 0 aliphatic rings. The van der Waals surface area contributed by atoms with Crippen LogP contribution in [0.4, 0.5) is 5.82 Å². The molecule has 8 heteroatoms. The van der Waals surface area contributed by atoms with Crippen molar-refractivity contribution < 1.29 is 13.2 Å². The fraction of sp³-hybridized carbons (Fsp3) is 0.0833. The van der Waals surface area contributed by atoms with Crippen molar-refractivity contribution in [2.24, 2.45) is 0 Å². The zero-order chi connectivity index (χ0) is 14.8. The highest BCUT2D eigenvalue weighted by atomic mass is 32.2. The van der Waals surface area contributed by atoms with Crippen molar-refractivity contribution in [3.8, 4) is 0 Å². The molecular formula is C12H11N3O4S. The number of Topliss-reactive ketones (excluding diaryl/α,β-unsaturated/α-hetero) is 1. The van der Waals surface area contributed by atoms with E-state index < -0.39 is 15.6 Å². The number of hydrogen-bond donors (Lipinski definition) is 2. The molecule has 20 heavy (non-hydrogen) atoms. The maximum atomic E-state index is 12.0. The Morgan fingerprint density at radius 3 is 2.30 bits per heavy atom. The minimum atomic E-state index is -3.81. The molecule has 7 nitrogen and oxygen atoms in total. The summed E-state index contributed by atoms with van der Waals surface area (Å²) in [5.74, 6) is -0.149. The summed E-state index contributed by atoms with van der Waals surface area (Å²) >= 11 is 0. The molecule has 104 valence electrons. The Hall–Kier alpha value is -2.48. The summed E-state index contributed by atoms with van der Waals surface area (Å²) in [6.45, 7) is 1.39. The molecule has 0 aliphatic carbocycles. The molecule has 0 saturated heterocycles. The van der Waals surface area contributed by atoms with Gasteiger partial charge in [-0.05, 0) is 25.1 Å². The number of aromatic amines is 1. The zero-order valence-corrected chi connectivity index (χ0v) is 11.3. The molecule has 1 heterocycles. The Morgan fingerprint density at radius 2 is 1.80 bits per heavy atom. The van der Waals surface area contributed by atoms with Gasteiger partial charge in [0.15, 0.2) is 11.6 Å². The van der Waals surface area contributed by atoms with Gasteiger partial charge >= 0.3 is 0 Å². The number of carbonyl (C=O) groups excluding carboxylic acids is 1. The Morgan fingerprint density at radius 1 is 1.15 bits per heavy atom. The Bertz CT molecular complexity index is 774. The lowest BCUT2D eigenvalue weighted by Gasteiger charge is -2.06. The first-order chi connectivity index (χ1) is 9.38. The predicted molar refractivity (Wildman–Crippen MR) is 72.1 cm³/mol. The highest BCUT2D eigenvalue weighted by Crippen LogP contribution is 2.14. The highest BCUT2D eigenvalue weighted by molar-refractivity contribution is 7.92. The van der Waals surface area contributed by atoms with Crippen LogP contribution in [0.3, 0.4) is 0 Å². The van der Waals surface area contributed by atoms with E-state index in [4.69, 9.17) is 0 Å². The Labute approximate surface area is 114 Å². The quantitative estimate of drug-likeness (QED) is 0.809. The molecule has 0 unspecified atom stereocenters. The summed E-state index contributed by atoms with van der Waals surface area (Å²) in [5.41, 5.74) is -0.00937. The molecule has 0 aliphatic heterocycles. The van der Waals surface area contributed by atoms with E-state index in [0.29, 0.717) is 5.56 Å². The third-order valence-corrected chi connectivity index (χ3v) is 3.86. The van der Waals surface area contributed by atoms with E-state index in [0.717, 1.165) is 6.07 Å². The summed E-state index contributed by atoms with van der Waals surface area (Å²) in [6.07, 6.45) is 0. The smallest absolute Gasteiger partial charge is 0.264 e. The number of rotatable bonds is 4. The van der Waals surface area contributed by atoms with Gasteiger partial charge in [-0.2, -0.15) is 5.10 Å². The predicted octanol–water partition coefficient (Wildman–Crippen LogP) is 0.773. The van der Waals surface area contributed by atoms with Crippen molar-refractivity contribution in [3.63, 3.8) is 0 Å². The third-order valence-electron chi connectivity index (χ3n) is 2.49. The average molecular weight is 293 g/mol. The summed E-state index contributed by atoms with van der Waals surface area (Å²) in [7, 11) is -3.81. The van der Waals surface area contributed by atoms with Crippen molar-refractivity contribution in [1.82, 2.24) is 10.2 Å². The van der Waals surface area contributed by atoms with Gasteiger partial charge in [0.25, 0.3) is 15.6 Å². The molecule has 2 rings (SSSR count). The lowest BCUT2D eigenvalue weighted by molar-refractivity contribution is 0.101. The molecule has 0 bridgehead atoms. The largest absolute Gasteiger partial charge is 0.295 e. The van der Waals surface area contributed by atoms with Crippen molar-refractivity contribution >= 4 is 21.6 Å². The van der Waals surface area contributed by atoms with Crippen molar-refractivity contribution in [2.45, 2.75) is 11.8 Å². The summed E-state index contributed by atoms with van der Waals surface area (Å²) in [4.78, 5) is 21.9. The van der Waals surface area contributed by atoms with Gasteiger partial charge < -0.3 is 0 Å². The standard InChI is InChI=1S/C12H11N3O4S/c1-8(16)9-2-4-10(5-3-9)20(18,19)15-11-6-7-12(17)14-13-11/h2-7H,1H3,(H,13,15)(H,14,17). The van der Waals surface area contributed by atoms with E-state index in [-0.39, 0.29) is 16.5 Å². The molecule has 0 atom stereocenters. The van der Waals surface area contributed by atoms with Gasteiger partial charge in [0.2, 0.25) is 0 Å². The van der Waals surface area contributed by atoms with Crippen LogP contribution in [0.15, 0.2) is 46.1 Å². The number of anilines is 1. The van der Waals surface area contributed by atoms with Crippen LogP contribution < -0.4 is 10.3 Å². The first-order valence-electron chi connectivity index (χ1n) is 5.58. The second-order valence-electron chi connectivity index (χ2n) is 3.99. The molecule has 0 fully saturated rings. The molecule has 0 spiro atoms. The minimum Gasteiger partial charge on any atom is -0.295 e. The fourth-order valence-corrected chi connectivity index (χ4v) is 2.47. The molecule has 1 aromatic carbocycles. The van der Waals surface area contributed by atoms with Gasteiger partial charge in [0, 0.05) is 11.6 Å². The summed E-state index contributed by atoms with van der Waals surface area (Å²) < 4.78 is 26.3. The lowest BCUT2D eigenvalue weighted by atomic mass is 10.2. The molecule has 0 radical (unpaired) electrons. The number of sulfonamides is 1. The number of nitrogens with zero attached hydrogens (tertiary/aromatic N) is 1. The van der Waals surface area contributed by atoms with Crippen molar-refractivity contribution in [3.05, 3.63) is 52.3 Å². The number of H-pyrrole nitrogens is 1. The zero-order valence-electron chi connectivity index (χ0n) is 10.5. The molecule has 1 aromatic heterocycles. The van der Waals surface area contributed by atoms with Gasteiger partial charge in [0.05, 0.1) is 4.90 Å². The lowest BCUT2D eigenvalue weighted by Crippen LogP contribution is -2.16. The molecule has 2 N–H and O–H groups in total. The van der Waals surface area contributed by atoms with Gasteiger partial charge in [-0.1, -0.05) is 12.1 Å². The Kier molecular flexibility index (Phi) is 3.66. The first kappa shape index (κ1) is 13.9. The van der Waals surface area contributed by atoms with Crippen molar-refractivity contribution in [2.75, 3.05) is 4.72 Å². The van der Waals surface area contributed by atoms with Crippen LogP contribution in [-0.4, -0.2) is 24.4 Å². The van der Waals surface area contributed by atoms with Crippen LogP contribution >= 0.6 is 0 Å². The van der Waals surface area contributed by atoms with E-state index in [2.05, 4.69) is 14.9 Å². The van der Waals surface area contributed by atoms with E-state index in [1.54, 1.807) is 0 Å². The molecular weight excluding hydrogens is 282 g/mol. The number of carbonyl (C=O) groups is 1. The highest BCUT2D eigenvalue weighted by Gasteiger charge is 2.15. The SMILES string of the molecule is CC(=O)c1ccc(S(=O)(=O)Nc2ccc(=O)[nH]n2)cc1.